The van der Waals surface area contributed by atoms with Gasteiger partial charge < -0.3 is 16.0 Å². The highest BCUT2D eigenvalue weighted by molar-refractivity contribution is 5.87. The van der Waals surface area contributed by atoms with E-state index in [1.165, 1.54) is 0 Å². The highest BCUT2D eigenvalue weighted by atomic mass is 16.2. The van der Waals surface area contributed by atoms with Crippen LogP contribution in [-0.2, 0) is 10.2 Å². The molecule has 3 N–H and O–H groups in total. The van der Waals surface area contributed by atoms with Gasteiger partial charge in [0.05, 0.1) is 5.41 Å². The number of hydrogen-bond acceptors (Lipinski definition) is 3. The third-order valence-corrected chi connectivity index (χ3v) is 3.67. The molecular formula is C17H29N3O. The number of anilines is 1. The third kappa shape index (κ3) is 5.05. The molecule has 0 heterocycles. The van der Waals surface area contributed by atoms with Crippen molar-refractivity contribution in [3.8, 4) is 0 Å². The van der Waals surface area contributed by atoms with Crippen molar-refractivity contribution in [2.24, 2.45) is 5.41 Å². The summed E-state index contributed by atoms with van der Waals surface area (Å²) in [4.78, 5) is 14.7. The van der Waals surface area contributed by atoms with Gasteiger partial charge in [-0.2, -0.15) is 0 Å². The fourth-order valence-corrected chi connectivity index (χ4v) is 2.48. The van der Waals surface area contributed by atoms with Crippen LogP contribution in [0.4, 0.5) is 5.69 Å². The van der Waals surface area contributed by atoms with E-state index in [4.69, 9.17) is 5.73 Å². The minimum atomic E-state index is -0.568. The summed E-state index contributed by atoms with van der Waals surface area (Å²) >= 11 is 0. The lowest BCUT2D eigenvalue weighted by molar-refractivity contribution is -0.126. The first-order valence-corrected chi connectivity index (χ1v) is 7.34. The van der Waals surface area contributed by atoms with Crippen molar-refractivity contribution in [2.45, 2.75) is 33.1 Å². The monoisotopic (exact) mass is 291 g/mol. The van der Waals surface area contributed by atoms with Gasteiger partial charge in [-0.05, 0) is 51.1 Å². The number of amides is 1. The molecule has 0 saturated heterocycles. The van der Waals surface area contributed by atoms with Gasteiger partial charge >= 0.3 is 0 Å². The Morgan fingerprint density at radius 2 is 1.67 bits per heavy atom. The SMILES string of the molecule is CN(C)CC(C)(C)CNC(=O)C(C)(C)c1ccc(N)cc1. The lowest BCUT2D eigenvalue weighted by Crippen LogP contribution is -2.46. The van der Waals surface area contributed by atoms with Crippen LogP contribution >= 0.6 is 0 Å². The van der Waals surface area contributed by atoms with Gasteiger partial charge in [0, 0.05) is 18.8 Å². The normalized spacial score (nSPS) is 12.5. The standard InChI is InChI=1S/C17H29N3O/c1-16(2,12-20(5)6)11-19-15(21)17(3,4)13-7-9-14(18)10-8-13/h7-10H,11-12,18H2,1-6H3,(H,19,21). The Morgan fingerprint density at radius 3 is 2.14 bits per heavy atom. The highest BCUT2D eigenvalue weighted by Crippen LogP contribution is 2.25. The Bertz CT molecular complexity index is 475. The van der Waals surface area contributed by atoms with Gasteiger partial charge in [0.2, 0.25) is 5.91 Å². The molecule has 4 heteroatoms. The van der Waals surface area contributed by atoms with Crippen molar-refractivity contribution in [3.05, 3.63) is 29.8 Å². The molecule has 0 saturated carbocycles. The second-order valence-electron chi connectivity index (χ2n) is 7.33. The predicted molar refractivity (Wildman–Crippen MR) is 89.2 cm³/mol. The first-order valence-electron chi connectivity index (χ1n) is 7.34. The van der Waals surface area contributed by atoms with E-state index in [1.54, 1.807) is 0 Å². The van der Waals surface area contributed by atoms with Gasteiger partial charge in [-0.1, -0.05) is 26.0 Å². The van der Waals surface area contributed by atoms with Gasteiger partial charge in [0.1, 0.15) is 0 Å². The van der Waals surface area contributed by atoms with E-state index in [9.17, 15) is 4.79 Å². The molecule has 0 radical (unpaired) electrons. The minimum absolute atomic E-state index is 0.0381. The van der Waals surface area contributed by atoms with Gasteiger partial charge in [0.25, 0.3) is 0 Å². The smallest absolute Gasteiger partial charge is 0.230 e. The average molecular weight is 291 g/mol. The second kappa shape index (κ2) is 6.48. The predicted octanol–water partition coefficient (Wildman–Crippen LogP) is 2.25. The van der Waals surface area contributed by atoms with Crippen LogP contribution in [0.1, 0.15) is 33.3 Å². The summed E-state index contributed by atoms with van der Waals surface area (Å²) in [6.07, 6.45) is 0. The first-order chi connectivity index (χ1) is 9.54. The maximum Gasteiger partial charge on any atom is 0.230 e. The summed E-state index contributed by atoms with van der Waals surface area (Å²) in [5.74, 6) is 0.0408. The van der Waals surface area contributed by atoms with Crippen molar-refractivity contribution in [2.75, 3.05) is 32.9 Å². The van der Waals surface area contributed by atoms with E-state index < -0.39 is 5.41 Å². The molecule has 118 valence electrons. The van der Waals surface area contributed by atoms with E-state index in [2.05, 4.69) is 24.1 Å². The number of nitrogens with zero attached hydrogens (tertiary/aromatic N) is 1. The zero-order valence-corrected chi connectivity index (χ0v) is 14.2. The Labute approximate surface area is 128 Å². The lowest BCUT2D eigenvalue weighted by Gasteiger charge is -2.31. The number of carbonyl (C=O) groups excluding carboxylic acids is 1. The average Bonchev–Trinajstić information content (AvgIpc) is 2.35. The van der Waals surface area contributed by atoms with Crippen LogP contribution in [-0.4, -0.2) is 38.0 Å². The topological polar surface area (TPSA) is 58.4 Å². The van der Waals surface area contributed by atoms with Crippen molar-refractivity contribution in [1.82, 2.24) is 10.2 Å². The molecule has 0 aliphatic rings. The molecule has 0 aliphatic carbocycles. The Kier molecular flexibility index (Phi) is 5.40. The van der Waals surface area contributed by atoms with Gasteiger partial charge in [0.15, 0.2) is 0 Å². The van der Waals surface area contributed by atoms with Crippen molar-refractivity contribution in [3.63, 3.8) is 0 Å². The summed E-state index contributed by atoms with van der Waals surface area (Å²) in [5, 5.41) is 3.08. The maximum absolute atomic E-state index is 12.5. The van der Waals surface area contributed by atoms with E-state index >= 15 is 0 Å². The second-order valence-corrected chi connectivity index (χ2v) is 7.33. The molecule has 0 atom stereocenters. The van der Waals surface area contributed by atoms with E-state index in [0.29, 0.717) is 12.2 Å². The summed E-state index contributed by atoms with van der Waals surface area (Å²) in [5.41, 5.74) is 6.86. The van der Waals surface area contributed by atoms with Crippen LogP contribution in [0.2, 0.25) is 0 Å². The zero-order valence-electron chi connectivity index (χ0n) is 14.2. The Hall–Kier alpha value is -1.55. The Balaban J connectivity index is 2.72. The summed E-state index contributed by atoms with van der Waals surface area (Å²) in [6, 6.07) is 7.50. The summed E-state index contributed by atoms with van der Waals surface area (Å²) in [7, 11) is 4.09. The van der Waals surface area contributed by atoms with Crippen LogP contribution in [0.25, 0.3) is 0 Å². The van der Waals surface area contributed by atoms with Crippen LogP contribution in [0.3, 0.4) is 0 Å². The number of nitrogen functional groups attached to an aromatic ring is 1. The van der Waals surface area contributed by atoms with E-state index in [1.807, 2.05) is 52.2 Å². The number of nitrogens with two attached hydrogens (primary N) is 1. The quantitative estimate of drug-likeness (QED) is 0.790. The fourth-order valence-electron chi connectivity index (χ4n) is 2.48. The molecule has 4 nitrogen and oxygen atoms in total. The first kappa shape index (κ1) is 17.5. The summed E-state index contributed by atoms with van der Waals surface area (Å²) in [6.45, 7) is 9.77. The van der Waals surface area contributed by atoms with Crippen LogP contribution in [0.15, 0.2) is 24.3 Å². The maximum atomic E-state index is 12.5. The molecule has 1 aromatic rings. The summed E-state index contributed by atoms with van der Waals surface area (Å²) < 4.78 is 0. The number of rotatable bonds is 6. The van der Waals surface area contributed by atoms with Crippen molar-refractivity contribution in [1.29, 1.82) is 0 Å². The van der Waals surface area contributed by atoms with Crippen LogP contribution in [0.5, 0.6) is 0 Å². The van der Waals surface area contributed by atoms with Crippen molar-refractivity contribution < 1.29 is 4.79 Å². The van der Waals surface area contributed by atoms with E-state index in [0.717, 1.165) is 12.1 Å². The molecule has 1 rings (SSSR count). The molecule has 21 heavy (non-hydrogen) atoms. The number of carbonyl (C=O) groups is 1. The number of benzene rings is 1. The zero-order chi connectivity index (χ0) is 16.3. The molecule has 0 aromatic heterocycles. The fraction of sp³-hybridized carbons (Fsp3) is 0.588. The molecule has 0 spiro atoms. The van der Waals surface area contributed by atoms with Crippen LogP contribution < -0.4 is 11.1 Å². The van der Waals surface area contributed by atoms with Gasteiger partial charge in [-0.3, -0.25) is 4.79 Å². The molecular weight excluding hydrogens is 262 g/mol. The number of nitrogens with one attached hydrogen (secondary N) is 1. The largest absolute Gasteiger partial charge is 0.399 e. The molecule has 0 bridgehead atoms. The molecule has 0 unspecified atom stereocenters. The Morgan fingerprint density at radius 1 is 1.14 bits per heavy atom. The van der Waals surface area contributed by atoms with Gasteiger partial charge in [-0.15, -0.1) is 0 Å². The molecule has 1 aromatic carbocycles. The minimum Gasteiger partial charge on any atom is -0.399 e. The molecule has 0 aliphatic heterocycles. The lowest BCUT2D eigenvalue weighted by atomic mass is 9.83. The van der Waals surface area contributed by atoms with E-state index in [-0.39, 0.29) is 11.3 Å². The molecule has 0 fully saturated rings. The molecule has 1 amide bonds. The highest BCUT2D eigenvalue weighted by Gasteiger charge is 2.31. The van der Waals surface area contributed by atoms with Gasteiger partial charge in [-0.25, -0.2) is 0 Å². The van der Waals surface area contributed by atoms with Crippen LogP contribution in [0, 0.1) is 5.41 Å². The van der Waals surface area contributed by atoms with Crippen molar-refractivity contribution >= 4 is 11.6 Å². The third-order valence-electron chi connectivity index (χ3n) is 3.67. The number of hydrogen-bond donors (Lipinski definition) is 2.